The standard InChI is InChI=1S/C17H25NO2/c1-17(20)10-6-13-18(14-11-17)12-5-9-16(19)15-7-3-2-4-8-15/h2-4,7-8,20H,5-6,9-14H2,1H3. The monoisotopic (exact) mass is 275 g/mol. The fourth-order valence-electron chi connectivity index (χ4n) is 2.77. The first-order chi connectivity index (χ1) is 9.57. The SMILES string of the molecule is CC1(O)CCCN(CCCC(=O)c2ccccc2)CC1. The number of benzene rings is 1. The van der Waals surface area contributed by atoms with Crippen LogP contribution in [0.25, 0.3) is 0 Å². The Kier molecular flexibility index (Phi) is 5.32. The van der Waals surface area contributed by atoms with Crippen molar-refractivity contribution in [2.75, 3.05) is 19.6 Å². The summed E-state index contributed by atoms with van der Waals surface area (Å²) in [5, 5.41) is 10.1. The fourth-order valence-corrected chi connectivity index (χ4v) is 2.77. The number of carbonyl (C=O) groups is 1. The van der Waals surface area contributed by atoms with Crippen LogP contribution in [0.15, 0.2) is 30.3 Å². The third-order valence-corrected chi connectivity index (χ3v) is 4.13. The van der Waals surface area contributed by atoms with Crippen LogP contribution in [0, 0.1) is 0 Å². The second-order valence-corrected chi connectivity index (χ2v) is 6.08. The van der Waals surface area contributed by atoms with Crippen LogP contribution in [0.4, 0.5) is 0 Å². The lowest BCUT2D eigenvalue weighted by atomic mass is 9.98. The van der Waals surface area contributed by atoms with Crippen LogP contribution in [0.3, 0.4) is 0 Å². The van der Waals surface area contributed by atoms with Gasteiger partial charge in [-0.3, -0.25) is 4.79 Å². The molecule has 1 saturated heterocycles. The van der Waals surface area contributed by atoms with Gasteiger partial charge < -0.3 is 10.0 Å². The molecule has 1 aliphatic heterocycles. The van der Waals surface area contributed by atoms with Crippen molar-refractivity contribution >= 4 is 5.78 Å². The first-order valence-electron chi connectivity index (χ1n) is 7.60. The minimum absolute atomic E-state index is 0.229. The molecule has 0 aliphatic carbocycles. The molecule has 1 fully saturated rings. The molecule has 0 amide bonds. The van der Waals surface area contributed by atoms with Gasteiger partial charge in [0.1, 0.15) is 0 Å². The van der Waals surface area contributed by atoms with Gasteiger partial charge in [0.05, 0.1) is 5.60 Å². The number of nitrogens with zero attached hydrogens (tertiary/aromatic N) is 1. The highest BCUT2D eigenvalue weighted by Gasteiger charge is 2.24. The molecule has 110 valence electrons. The van der Waals surface area contributed by atoms with Gasteiger partial charge in [0.25, 0.3) is 0 Å². The number of rotatable bonds is 5. The lowest BCUT2D eigenvalue weighted by Gasteiger charge is -2.22. The summed E-state index contributed by atoms with van der Waals surface area (Å²) in [4.78, 5) is 14.4. The zero-order valence-corrected chi connectivity index (χ0v) is 12.3. The Labute approximate surface area is 121 Å². The van der Waals surface area contributed by atoms with Gasteiger partial charge >= 0.3 is 0 Å². The fraction of sp³-hybridized carbons (Fsp3) is 0.588. The lowest BCUT2D eigenvalue weighted by molar-refractivity contribution is 0.0446. The van der Waals surface area contributed by atoms with E-state index in [2.05, 4.69) is 4.90 Å². The quantitative estimate of drug-likeness (QED) is 0.840. The predicted molar refractivity (Wildman–Crippen MR) is 80.9 cm³/mol. The third kappa shape index (κ3) is 4.73. The summed E-state index contributed by atoms with van der Waals surface area (Å²) < 4.78 is 0. The van der Waals surface area contributed by atoms with Crippen molar-refractivity contribution in [2.24, 2.45) is 0 Å². The van der Waals surface area contributed by atoms with Crippen molar-refractivity contribution in [1.82, 2.24) is 4.90 Å². The Morgan fingerprint density at radius 2 is 2.00 bits per heavy atom. The minimum atomic E-state index is -0.505. The van der Waals surface area contributed by atoms with E-state index in [0.29, 0.717) is 6.42 Å². The molecule has 1 N–H and O–H groups in total. The molecule has 1 heterocycles. The minimum Gasteiger partial charge on any atom is -0.390 e. The Balaban J connectivity index is 1.72. The molecular weight excluding hydrogens is 250 g/mol. The maximum absolute atomic E-state index is 12.0. The maximum atomic E-state index is 12.0. The Morgan fingerprint density at radius 1 is 1.25 bits per heavy atom. The predicted octanol–water partition coefficient (Wildman–Crippen LogP) is 2.89. The second-order valence-electron chi connectivity index (χ2n) is 6.08. The third-order valence-electron chi connectivity index (χ3n) is 4.13. The molecule has 2 rings (SSSR count). The lowest BCUT2D eigenvalue weighted by Crippen LogP contribution is -2.29. The smallest absolute Gasteiger partial charge is 0.162 e. The average Bonchev–Trinajstić information content (AvgIpc) is 2.61. The van der Waals surface area contributed by atoms with Crippen LogP contribution in [0.2, 0.25) is 0 Å². The molecule has 20 heavy (non-hydrogen) atoms. The summed E-state index contributed by atoms with van der Waals surface area (Å²) in [7, 11) is 0. The van der Waals surface area contributed by atoms with Crippen LogP contribution in [-0.4, -0.2) is 41.0 Å². The van der Waals surface area contributed by atoms with Gasteiger partial charge in [-0.2, -0.15) is 0 Å². The van der Waals surface area contributed by atoms with E-state index in [1.807, 2.05) is 37.3 Å². The van der Waals surface area contributed by atoms with Crippen molar-refractivity contribution in [1.29, 1.82) is 0 Å². The number of carbonyl (C=O) groups excluding carboxylic acids is 1. The summed E-state index contributed by atoms with van der Waals surface area (Å²) in [5.41, 5.74) is 0.306. The molecule has 3 heteroatoms. The molecule has 1 unspecified atom stereocenters. The molecule has 0 saturated carbocycles. The summed E-state index contributed by atoms with van der Waals surface area (Å²) in [6.07, 6.45) is 4.26. The molecule has 1 aromatic rings. The molecule has 1 atom stereocenters. The maximum Gasteiger partial charge on any atom is 0.162 e. The summed E-state index contributed by atoms with van der Waals surface area (Å²) in [6, 6.07) is 9.51. The van der Waals surface area contributed by atoms with Crippen LogP contribution in [0.5, 0.6) is 0 Å². The van der Waals surface area contributed by atoms with Crippen LogP contribution in [-0.2, 0) is 0 Å². The van der Waals surface area contributed by atoms with Gasteiger partial charge in [-0.15, -0.1) is 0 Å². The highest BCUT2D eigenvalue weighted by molar-refractivity contribution is 5.95. The van der Waals surface area contributed by atoms with Crippen molar-refractivity contribution in [3.63, 3.8) is 0 Å². The van der Waals surface area contributed by atoms with E-state index in [4.69, 9.17) is 0 Å². The summed E-state index contributed by atoms with van der Waals surface area (Å²) >= 11 is 0. The average molecular weight is 275 g/mol. The van der Waals surface area contributed by atoms with E-state index in [1.165, 1.54) is 0 Å². The molecule has 0 aromatic heterocycles. The number of aliphatic hydroxyl groups is 1. The van der Waals surface area contributed by atoms with E-state index >= 15 is 0 Å². The van der Waals surface area contributed by atoms with E-state index in [-0.39, 0.29) is 5.78 Å². The van der Waals surface area contributed by atoms with Gasteiger partial charge in [-0.1, -0.05) is 30.3 Å². The molecule has 1 aliphatic rings. The Morgan fingerprint density at radius 3 is 2.75 bits per heavy atom. The summed E-state index contributed by atoms with van der Waals surface area (Å²) in [6.45, 7) is 4.85. The largest absolute Gasteiger partial charge is 0.390 e. The molecule has 0 spiro atoms. The molecule has 1 aromatic carbocycles. The topological polar surface area (TPSA) is 40.5 Å². The van der Waals surface area contributed by atoms with Crippen molar-refractivity contribution in [2.45, 2.75) is 44.6 Å². The molecular formula is C17H25NO2. The van der Waals surface area contributed by atoms with Gasteiger partial charge in [-0.25, -0.2) is 0 Å². The van der Waals surface area contributed by atoms with E-state index in [0.717, 1.165) is 50.9 Å². The zero-order chi connectivity index (χ0) is 14.4. The highest BCUT2D eigenvalue weighted by Crippen LogP contribution is 2.21. The summed E-state index contributed by atoms with van der Waals surface area (Å²) in [5.74, 6) is 0.229. The van der Waals surface area contributed by atoms with Gasteiger partial charge in [0.15, 0.2) is 5.78 Å². The highest BCUT2D eigenvalue weighted by atomic mass is 16.3. The number of Topliss-reactive ketones (excluding diaryl/α,β-unsaturated/α-hetero) is 1. The first-order valence-corrected chi connectivity index (χ1v) is 7.60. The van der Waals surface area contributed by atoms with Crippen molar-refractivity contribution < 1.29 is 9.90 Å². The molecule has 0 radical (unpaired) electrons. The first kappa shape index (κ1) is 15.2. The van der Waals surface area contributed by atoms with Crippen molar-refractivity contribution in [3.8, 4) is 0 Å². The normalized spacial score (nSPS) is 24.3. The van der Waals surface area contributed by atoms with E-state index in [1.54, 1.807) is 0 Å². The Hall–Kier alpha value is -1.19. The van der Waals surface area contributed by atoms with E-state index in [9.17, 15) is 9.90 Å². The van der Waals surface area contributed by atoms with Crippen molar-refractivity contribution in [3.05, 3.63) is 35.9 Å². The van der Waals surface area contributed by atoms with Gasteiger partial charge in [0.2, 0.25) is 0 Å². The van der Waals surface area contributed by atoms with E-state index < -0.39 is 5.60 Å². The van der Waals surface area contributed by atoms with Gasteiger partial charge in [-0.05, 0) is 45.7 Å². The van der Waals surface area contributed by atoms with Crippen LogP contribution in [0.1, 0.15) is 49.4 Å². The number of ketones is 1. The molecule has 3 nitrogen and oxygen atoms in total. The molecule has 0 bridgehead atoms. The number of hydrogen-bond donors (Lipinski definition) is 1. The van der Waals surface area contributed by atoms with Gasteiger partial charge in [0, 0.05) is 18.5 Å². The zero-order valence-electron chi connectivity index (χ0n) is 12.3. The van der Waals surface area contributed by atoms with Crippen LogP contribution >= 0.6 is 0 Å². The second kappa shape index (κ2) is 7.00. The number of hydrogen-bond acceptors (Lipinski definition) is 3. The Bertz CT molecular complexity index is 428. The van der Waals surface area contributed by atoms with Crippen LogP contribution < -0.4 is 0 Å². The number of likely N-dealkylation sites (tertiary alicyclic amines) is 1.